The number of rotatable bonds is 2. The zero-order valence-corrected chi connectivity index (χ0v) is 11.0. The second-order valence-electron chi connectivity index (χ2n) is 5.36. The zero-order chi connectivity index (χ0) is 13.3. The summed E-state index contributed by atoms with van der Waals surface area (Å²) in [5.41, 5.74) is 0. The van der Waals surface area contributed by atoms with Gasteiger partial charge >= 0.3 is 12.0 Å². The number of piperazine rings is 1. The van der Waals surface area contributed by atoms with Gasteiger partial charge in [0.05, 0.1) is 5.92 Å². The predicted molar refractivity (Wildman–Crippen MR) is 66.3 cm³/mol. The summed E-state index contributed by atoms with van der Waals surface area (Å²) in [7, 11) is 2.05. The van der Waals surface area contributed by atoms with Crippen molar-refractivity contribution in [1.82, 2.24) is 14.7 Å². The summed E-state index contributed by atoms with van der Waals surface area (Å²) >= 11 is 0. The van der Waals surface area contributed by atoms with Gasteiger partial charge in [-0.1, -0.05) is 6.92 Å². The number of amides is 2. The molecule has 0 radical (unpaired) electrons. The lowest BCUT2D eigenvalue weighted by atomic mass is 9.87. The summed E-state index contributed by atoms with van der Waals surface area (Å²) < 4.78 is 0. The molecule has 0 saturated carbocycles. The fourth-order valence-electron chi connectivity index (χ4n) is 2.38. The van der Waals surface area contributed by atoms with Gasteiger partial charge in [-0.25, -0.2) is 4.79 Å². The smallest absolute Gasteiger partial charge is 0.320 e. The van der Waals surface area contributed by atoms with Crippen LogP contribution in [0.4, 0.5) is 4.79 Å². The van der Waals surface area contributed by atoms with E-state index in [1.54, 1.807) is 11.8 Å². The maximum Gasteiger partial charge on any atom is 0.320 e. The van der Waals surface area contributed by atoms with Gasteiger partial charge in [-0.15, -0.1) is 0 Å². The summed E-state index contributed by atoms with van der Waals surface area (Å²) in [6, 6.07) is 0.0666. The minimum absolute atomic E-state index is 0.0666. The highest BCUT2D eigenvalue weighted by atomic mass is 16.4. The fourth-order valence-corrected chi connectivity index (χ4v) is 2.38. The molecule has 0 spiro atoms. The topological polar surface area (TPSA) is 64.1 Å². The highest BCUT2D eigenvalue weighted by Crippen LogP contribution is 2.25. The molecule has 2 saturated heterocycles. The van der Waals surface area contributed by atoms with E-state index in [1.807, 2.05) is 4.90 Å². The van der Waals surface area contributed by atoms with E-state index < -0.39 is 5.97 Å². The number of carboxylic acids is 1. The van der Waals surface area contributed by atoms with Gasteiger partial charge < -0.3 is 19.8 Å². The molecule has 2 amide bonds. The van der Waals surface area contributed by atoms with Crippen LogP contribution in [0, 0.1) is 11.8 Å². The van der Waals surface area contributed by atoms with Gasteiger partial charge in [-0.2, -0.15) is 0 Å². The molecule has 0 aromatic heterocycles. The van der Waals surface area contributed by atoms with Crippen LogP contribution in [0.2, 0.25) is 0 Å². The average Bonchev–Trinajstić information content (AvgIpc) is 2.27. The molecule has 1 unspecified atom stereocenters. The summed E-state index contributed by atoms with van der Waals surface area (Å²) in [6.45, 7) is 6.24. The highest BCUT2D eigenvalue weighted by molar-refractivity contribution is 5.76. The van der Waals surface area contributed by atoms with Gasteiger partial charge in [0.25, 0.3) is 0 Å². The van der Waals surface area contributed by atoms with Crippen molar-refractivity contribution < 1.29 is 14.7 Å². The zero-order valence-electron chi connectivity index (χ0n) is 11.0. The Kier molecular flexibility index (Phi) is 3.75. The largest absolute Gasteiger partial charge is 0.481 e. The molecule has 0 aliphatic carbocycles. The molecular formula is C12H21N3O3. The first-order chi connectivity index (χ1) is 8.49. The van der Waals surface area contributed by atoms with Crippen molar-refractivity contribution in [3.63, 3.8) is 0 Å². The monoisotopic (exact) mass is 255 g/mol. The van der Waals surface area contributed by atoms with Crippen molar-refractivity contribution in [3.8, 4) is 0 Å². The number of hydrogen-bond acceptors (Lipinski definition) is 3. The van der Waals surface area contributed by atoms with Gasteiger partial charge in [-0.3, -0.25) is 4.79 Å². The van der Waals surface area contributed by atoms with E-state index in [2.05, 4.69) is 11.9 Å². The number of carboxylic acid groups (broad SMARTS) is 1. The Balaban J connectivity index is 1.78. The number of hydrogen-bond donors (Lipinski definition) is 1. The third kappa shape index (κ3) is 2.58. The van der Waals surface area contributed by atoms with Crippen LogP contribution in [0.5, 0.6) is 0 Å². The molecule has 18 heavy (non-hydrogen) atoms. The molecule has 2 heterocycles. The Labute approximate surface area is 107 Å². The molecular weight excluding hydrogens is 234 g/mol. The Bertz CT molecular complexity index is 333. The quantitative estimate of drug-likeness (QED) is 0.755. The van der Waals surface area contributed by atoms with E-state index in [4.69, 9.17) is 5.11 Å². The maximum absolute atomic E-state index is 12.1. The molecule has 1 N–H and O–H groups in total. The minimum atomic E-state index is -0.772. The van der Waals surface area contributed by atoms with E-state index in [0.29, 0.717) is 13.1 Å². The molecule has 2 rings (SSSR count). The van der Waals surface area contributed by atoms with Crippen LogP contribution in [-0.4, -0.2) is 78.1 Å². The van der Waals surface area contributed by atoms with Crippen molar-refractivity contribution >= 4 is 12.0 Å². The second-order valence-corrected chi connectivity index (χ2v) is 5.36. The van der Waals surface area contributed by atoms with Gasteiger partial charge in [0, 0.05) is 45.2 Å². The first-order valence-electron chi connectivity index (χ1n) is 6.44. The standard InChI is InChI=1S/C12H21N3O3/c1-9(11(16)17)10-7-15(8-10)12(18)14-5-3-13(2)4-6-14/h9-10H,3-8H2,1-2H3,(H,16,17). The van der Waals surface area contributed by atoms with Crippen LogP contribution >= 0.6 is 0 Å². The van der Waals surface area contributed by atoms with Crippen molar-refractivity contribution in [3.05, 3.63) is 0 Å². The third-order valence-corrected chi connectivity index (χ3v) is 4.05. The van der Waals surface area contributed by atoms with Crippen LogP contribution < -0.4 is 0 Å². The van der Waals surface area contributed by atoms with E-state index in [1.165, 1.54) is 0 Å². The van der Waals surface area contributed by atoms with E-state index >= 15 is 0 Å². The molecule has 2 fully saturated rings. The Morgan fingerprint density at radius 2 is 1.67 bits per heavy atom. The first kappa shape index (κ1) is 13.1. The molecule has 1 atom stereocenters. The molecule has 2 aliphatic heterocycles. The molecule has 102 valence electrons. The number of nitrogens with zero attached hydrogens (tertiary/aromatic N) is 3. The minimum Gasteiger partial charge on any atom is -0.481 e. The number of likely N-dealkylation sites (N-methyl/N-ethyl adjacent to an activating group) is 1. The van der Waals surface area contributed by atoms with Gasteiger partial charge in [0.1, 0.15) is 0 Å². The normalized spacial score (nSPS) is 23.7. The predicted octanol–water partition coefficient (Wildman–Crippen LogP) is 0.00630. The summed E-state index contributed by atoms with van der Waals surface area (Å²) in [5, 5.41) is 8.90. The highest BCUT2D eigenvalue weighted by Gasteiger charge is 2.38. The van der Waals surface area contributed by atoms with E-state index in [0.717, 1.165) is 26.2 Å². The average molecular weight is 255 g/mol. The van der Waals surface area contributed by atoms with Gasteiger partial charge in [-0.05, 0) is 7.05 Å². The molecule has 0 bridgehead atoms. The lowest BCUT2D eigenvalue weighted by Gasteiger charge is -2.44. The van der Waals surface area contributed by atoms with Crippen LogP contribution in [-0.2, 0) is 4.79 Å². The van der Waals surface area contributed by atoms with Crippen LogP contribution in [0.25, 0.3) is 0 Å². The maximum atomic E-state index is 12.1. The van der Waals surface area contributed by atoms with Crippen molar-refractivity contribution in [1.29, 1.82) is 0 Å². The number of urea groups is 1. The molecule has 0 aromatic carbocycles. The van der Waals surface area contributed by atoms with Crippen molar-refractivity contribution in [2.75, 3.05) is 46.3 Å². The number of aliphatic carboxylic acids is 1. The Morgan fingerprint density at radius 3 is 2.17 bits per heavy atom. The summed E-state index contributed by atoms with van der Waals surface area (Å²) in [4.78, 5) is 28.8. The SMILES string of the molecule is CC(C(=O)O)C1CN(C(=O)N2CCN(C)CC2)C1. The van der Waals surface area contributed by atoms with Crippen molar-refractivity contribution in [2.45, 2.75) is 6.92 Å². The number of carbonyl (C=O) groups excluding carboxylic acids is 1. The summed E-state index contributed by atoms with van der Waals surface area (Å²) in [6.07, 6.45) is 0. The molecule has 2 aliphatic rings. The van der Waals surface area contributed by atoms with E-state index in [9.17, 15) is 9.59 Å². The van der Waals surface area contributed by atoms with Crippen LogP contribution in [0.3, 0.4) is 0 Å². The lowest BCUT2D eigenvalue weighted by molar-refractivity contribution is -0.144. The molecule has 6 nitrogen and oxygen atoms in total. The number of carbonyl (C=O) groups is 2. The van der Waals surface area contributed by atoms with E-state index in [-0.39, 0.29) is 17.9 Å². The Hall–Kier alpha value is -1.30. The molecule has 6 heteroatoms. The second kappa shape index (κ2) is 5.14. The van der Waals surface area contributed by atoms with Crippen LogP contribution in [0.1, 0.15) is 6.92 Å². The van der Waals surface area contributed by atoms with Crippen molar-refractivity contribution in [2.24, 2.45) is 11.8 Å². The first-order valence-corrected chi connectivity index (χ1v) is 6.44. The molecule has 0 aromatic rings. The Morgan fingerprint density at radius 1 is 1.11 bits per heavy atom. The number of likely N-dealkylation sites (tertiary alicyclic amines) is 1. The van der Waals surface area contributed by atoms with Gasteiger partial charge in [0.2, 0.25) is 0 Å². The fraction of sp³-hybridized carbons (Fsp3) is 0.833. The van der Waals surface area contributed by atoms with Crippen LogP contribution in [0.15, 0.2) is 0 Å². The summed E-state index contributed by atoms with van der Waals surface area (Å²) in [5.74, 6) is -1.02. The third-order valence-electron chi connectivity index (χ3n) is 4.05. The van der Waals surface area contributed by atoms with Gasteiger partial charge in [0.15, 0.2) is 0 Å². The lowest BCUT2D eigenvalue weighted by Crippen LogP contribution is -2.59.